The van der Waals surface area contributed by atoms with E-state index in [4.69, 9.17) is 9.72 Å². The van der Waals surface area contributed by atoms with E-state index in [0.717, 1.165) is 49.5 Å². The summed E-state index contributed by atoms with van der Waals surface area (Å²) < 4.78 is 6.50. The number of nitrogens with zero attached hydrogens (tertiary/aromatic N) is 3. The van der Waals surface area contributed by atoms with Crippen LogP contribution in [0.15, 0.2) is 42.5 Å². The minimum Gasteiger partial charge on any atom is -0.379 e. The number of hydrogen-bond donors (Lipinski definition) is 0. The number of anilines is 1. The average molecular weight is 438 g/mol. The van der Waals surface area contributed by atoms with Gasteiger partial charge in [-0.2, -0.15) is 0 Å². The standard InChI is InChI=1S/C24H27N3O3S/c1-17-4-9-21-22(16-17)31-24(25-21)27(11-3-10-26-12-14-30-15-13-26)23(29)20-7-5-19(6-8-20)18(2)28/h4-9,16H,3,10-15H2,1-2H3. The highest BCUT2D eigenvalue weighted by Gasteiger charge is 2.22. The molecule has 31 heavy (non-hydrogen) atoms. The third-order valence-corrected chi connectivity index (χ3v) is 6.55. The molecular formula is C24H27N3O3S. The smallest absolute Gasteiger partial charge is 0.260 e. The van der Waals surface area contributed by atoms with E-state index < -0.39 is 0 Å². The summed E-state index contributed by atoms with van der Waals surface area (Å²) in [5.41, 5.74) is 3.24. The third kappa shape index (κ3) is 5.18. The van der Waals surface area contributed by atoms with Crippen LogP contribution in [0.2, 0.25) is 0 Å². The second-order valence-corrected chi connectivity index (χ2v) is 8.87. The number of carbonyl (C=O) groups is 2. The second kappa shape index (κ2) is 9.68. The Morgan fingerprint density at radius 2 is 1.81 bits per heavy atom. The zero-order valence-electron chi connectivity index (χ0n) is 18.0. The van der Waals surface area contributed by atoms with Crippen LogP contribution in [0, 0.1) is 6.92 Å². The van der Waals surface area contributed by atoms with Crippen LogP contribution in [0.1, 0.15) is 39.6 Å². The van der Waals surface area contributed by atoms with E-state index in [-0.39, 0.29) is 11.7 Å². The van der Waals surface area contributed by atoms with Crippen LogP contribution in [0.5, 0.6) is 0 Å². The van der Waals surface area contributed by atoms with E-state index in [0.29, 0.717) is 22.8 Å². The lowest BCUT2D eigenvalue weighted by molar-refractivity contribution is 0.0376. The van der Waals surface area contributed by atoms with Crippen LogP contribution in [-0.2, 0) is 4.74 Å². The first-order valence-electron chi connectivity index (χ1n) is 10.6. The van der Waals surface area contributed by atoms with Gasteiger partial charge >= 0.3 is 0 Å². The predicted octanol–water partition coefficient (Wildman–Crippen LogP) is 4.18. The fourth-order valence-electron chi connectivity index (χ4n) is 3.70. The van der Waals surface area contributed by atoms with Gasteiger partial charge in [0.25, 0.3) is 5.91 Å². The van der Waals surface area contributed by atoms with Gasteiger partial charge in [0.15, 0.2) is 10.9 Å². The van der Waals surface area contributed by atoms with Crippen molar-refractivity contribution in [1.82, 2.24) is 9.88 Å². The molecular weight excluding hydrogens is 410 g/mol. The highest BCUT2D eigenvalue weighted by Crippen LogP contribution is 2.30. The first kappa shape index (κ1) is 21.6. The summed E-state index contributed by atoms with van der Waals surface area (Å²) in [6.07, 6.45) is 0.853. The van der Waals surface area contributed by atoms with Gasteiger partial charge in [0.05, 0.1) is 23.4 Å². The van der Waals surface area contributed by atoms with Crippen molar-refractivity contribution < 1.29 is 14.3 Å². The monoisotopic (exact) mass is 437 g/mol. The zero-order valence-corrected chi connectivity index (χ0v) is 18.8. The molecule has 2 heterocycles. The molecule has 4 rings (SSSR count). The largest absolute Gasteiger partial charge is 0.379 e. The molecule has 7 heteroatoms. The van der Waals surface area contributed by atoms with E-state index in [1.807, 2.05) is 12.1 Å². The number of ether oxygens (including phenoxy) is 1. The van der Waals surface area contributed by atoms with Gasteiger partial charge in [-0.3, -0.25) is 19.4 Å². The molecule has 1 aliphatic rings. The maximum atomic E-state index is 13.4. The molecule has 1 aliphatic heterocycles. The van der Waals surface area contributed by atoms with Crippen molar-refractivity contribution in [1.29, 1.82) is 0 Å². The van der Waals surface area contributed by atoms with Gasteiger partial charge in [-0.25, -0.2) is 4.98 Å². The van der Waals surface area contributed by atoms with Crippen LogP contribution >= 0.6 is 11.3 Å². The Bertz CT molecular complexity index is 1070. The van der Waals surface area contributed by atoms with Gasteiger partial charge in [-0.1, -0.05) is 29.5 Å². The molecule has 0 aliphatic carbocycles. The van der Waals surface area contributed by atoms with E-state index in [1.165, 1.54) is 12.5 Å². The number of aromatic nitrogens is 1. The zero-order chi connectivity index (χ0) is 21.8. The molecule has 1 fully saturated rings. The van der Waals surface area contributed by atoms with Gasteiger partial charge in [-0.15, -0.1) is 0 Å². The topological polar surface area (TPSA) is 62.7 Å². The van der Waals surface area contributed by atoms with Crippen molar-refractivity contribution in [2.24, 2.45) is 0 Å². The number of carbonyl (C=O) groups excluding carboxylic acids is 2. The molecule has 0 spiro atoms. The molecule has 162 valence electrons. The molecule has 3 aromatic rings. The van der Waals surface area contributed by atoms with Gasteiger partial charge in [0, 0.05) is 37.3 Å². The third-order valence-electron chi connectivity index (χ3n) is 5.51. The average Bonchev–Trinajstić information content (AvgIpc) is 3.20. The maximum absolute atomic E-state index is 13.4. The molecule has 1 aromatic heterocycles. The summed E-state index contributed by atoms with van der Waals surface area (Å²) in [4.78, 5) is 33.9. The lowest BCUT2D eigenvalue weighted by Gasteiger charge is -2.27. The Kier molecular flexibility index (Phi) is 6.75. The van der Waals surface area contributed by atoms with Crippen LogP contribution < -0.4 is 4.90 Å². The summed E-state index contributed by atoms with van der Waals surface area (Å²) in [5, 5.41) is 0.711. The summed E-state index contributed by atoms with van der Waals surface area (Å²) >= 11 is 1.54. The lowest BCUT2D eigenvalue weighted by Crippen LogP contribution is -2.39. The number of hydrogen-bond acceptors (Lipinski definition) is 6. The van der Waals surface area contributed by atoms with Gasteiger partial charge < -0.3 is 4.74 Å². The number of aryl methyl sites for hydroxylation is 1. The number of morpholine rings is 1. The van der Waals surface area contributed by atoms with E-state index in [1.54, 1.807) is 40.5 Å². The van der Waals surface area contributed by atoms with Crippen molar-refractivity contribution in [2.45, 2.75) is 20.3 Å². The molecule has 0 N–H and O–H groups in total. The summed E-state index contributed by atoms with van der Waals surface area (Å²) in [6.45, 7) is 8.48. The normalized spacial score (nSPS) is 14.6. The van der Waals surface area contributed by atoms with E-state index in [9.17, 15) is 9.59 Å². The number of fused-ring (bicyclic) bond motifs is 1. The molecule has 1 saturated heterocycles. The van der Waals surface area contributed by atoms with Crippen molar-refractivity contribution >= 4 is 38.4 Å². The number of Topliss-reactive ketones (excluding diaryl/α,β-unsaturated/α-hetero) is 1. The molecule has 1 amide bonds. The maximum Gasteiger partial charge on any atom is 0.260 e. The minimum atomic E-state index is -0.0899. The number of benzene rings is 2. The minimum absolute atomic E-state index is 0.0112. The SMILES string of the molecule is CC(=O)c1ccc(C(=O)N(CCCN2CCOCC2)c2nc3ccc(C)cc3s2)cc1. The van der Waals surface area contributed by atoms with Crippen molar-refractivity contribution in [3.05, 3.63) is 59.2 Å². The summed E-state index contributed by atoms with van der Waals surface area (Å²) in [5.74, 6) is -0.101. The Morgan fingerprint density at radius 1 is 1.10 bits per heavy atom. The molecule has 0 radical (unpaired) electrons. The van der Waals surface area contributed by atoms with Crippen molar-refractivity contribution in [3.63, 3.8) is 0 Å². The summed E-state index contributed by atoms with van der Waals surface area (Å²) in [6, 6.07) is 13.0. The van der Waals surface area contributed by atoms with Crippen LogP contribution in [0.3, 0.4) is 0 Å². The van der Waals surface area contributed by atoms with Crippen LogP contribution in [0.4, 0.5) is 5.13 Å². The molecule has 0 atom stereocenters. The number of rotatable bonds is 7. The Labute approximate surface area is 186 Å². The predicted molar refractivity (Wildman–Crippen MR) is 124 cm³/mol. The van der Waals surface area contributed by atoms with Gasteiger partial charge in [-0.05, 0) is 50.1 Å². The number of amides is 1. The van der Waals surface area contributed by atoms with E-state index >= 15 is 0 Å². The van der Waals surface area contributed by atoms with Crippen molar-refractivity contribution in [3.8, 4) is 0 Å². The first-order chi connectivity index (χ1) is 15.0. The number of ketones is 1. The molecule has 0 bridgehead atoms. The Hall–Kier alpha value is -2.61. The number of thiazole rings is 1. The van der Waals surface area contributed by atoms with Crippen molar-refractivity contribution in [2.75, 3.05) is 44.3 Å². The lowest BCUT2D eigenvalue weighted by atomic mass is 10.1. The Morgan fingerprint density at radius 3 is 2.52 bits per heavy atom. The second-order valence-electron chi connectivity index (χ2n) is 7.87. The molecule has 6 nitrogen and oxygen atoms in total. The molecule has 0 unspecified atom stereocenters. The molecule has 0 saturated carbocycles. The van der Waals surface area contributed by atoms with Gasteiger partial charge in [0.2, 0.25) is 0 Å². The summed E-state index contributed by atoms with van der Waals surface area (Å²) in [7, 11) is 0. The molecule has 2 aromatic carbocycles. The highest BCUT2D eigenvalue weighted by atomic mass is 32.1. The Balaban J connectivity index is 1.57. The van der Waals surface area contributed by atoms with Gasteiger partial charge in [0.1, 0.15) is 0 Å². The van der Waals surface area contributed by atoms with Crippen LogP contribution in [0.25, 0.3) is 10.2 Å². The fourth-order valence-corrected chi connectivity index (χ4v) is 4.79. The van der Waals surface area contributed by atoms with E-state index in [2.05, 4.69) is 17.9 Å². The fraction of sp³-hybridized carbons (Fsp3) is 0.375. The highest BCUT2D eigenvalue weighted by molar-refractivity contribution is 7.22. The quantitative estimate of drug-likeness (QED) is 0.519. The van der Waals surface area contributed by atoms with Crippen LogP contribution in [-0.4, -0.2) is 61.0 Å². The first-order valence-corrected chi connectivity index (χ1v) is 11.4.